The van der Waals surface area contributed by atoms with E-state index in [9.17, 15) is 0 Å². The van der Waals surface area contributed by atoms with Crippen LogP contribution >= 0.6 is 0 Å². The monoisotopic (exact) mass is 261 g/mol. The van der Waals surface area contributed by atoms with Crippen LogP contribution in [0.3, 0.4) is 0 Å². The van der Waals surface area contributed by atoms with Crippen LogP contribution in [0.2, 0.25) is 0 Å². The quantitative estimate of drug-likeness (QED) is 0.913. The highest BCUT2D eigenvalue weighted by Gasteiger charge is 2.22. The zero-order valence-corrected chi connectivity index (χ0v) is 11.4. The van der Waals surface area contributed by atoms with Crippen molar-refractivity contribution in [2.75, 3.05) is 6.54 Å². The van der Waals surface area contributed by atoms with Gasteiger partial charge in [0.1, 0.15) is 0 Å². The molecule has 1 saturated heterocycles. The fourth-order valence-electron chi connectivity index (χ4n) is 2.53. The van der Waals surface area contributed by atoms with Gasteiger partial charge in [0, 0.05) is 13.2 Å². The number of nitrogens with one attached hydrogen (secondary N) is 1. The highest BCUT2D eigenvalue weighted by atomic mass is 16.5. The van der Waals surface area contributed by atoms with E-state index in [2.05, 4.69) is 27.5 Å². The van der Waals surface area contributed by atoms with Crippen LogP contribution in [0.4, 0.5) is 0 Å². The van der Waals surface area contributed by atoms with Gasteiger partial charge in [0.2, 0.25) is 0 Å². The fourth-order valence-corrected chi connectivity index (χ4v) is 2.53. The normalized spacial score (nSPS) is 19.8. The average Bonchev–Trinajstić information content (AvgIpc) is 3.05. The van der Waals surface area contributed by atoms with Crippen molar-refractivity contribution in [2.24, 2.45) is 7.05 Å². The summed E-state index contributed by atoms with van der Waals surface area (Å²) in [6.45, 7) is 3.10. The highest BCUT2D eigenvalue weighted by Crippen LogP contribution is 2.25. The number of hydrogen-bond donors (Lipinski definition) is 1. The number of nitrogens with zero attached hydrogens (tertiary/aromatic N) is 4. The van der Waals surface area contributed by atoms with E-state index in [1.165, 1.54) is 12.8 Å². The van der Waals surface area contributed by atoms with Crippen molar-refractivity contribution in [1.82, 2.24) is 25.2 Å². The molecule has 1 unspecified atom stereocenters. The lowest BCUT2D eigenvalue weighted by Gasteiger charge is -2.19. The second-order valence-corrected chi connectivity index (χ2v) is 4.98. The molecule has 102 valence electrons. The molecule has 2 aromatic rings. The summed E-state index contributed by atoms with van der Waals surface area (Å²) in [7, 11) is 1.91. The molecule has 2 aromatic heterocycles. The van der Waals surface area contributed by atoms with Crippen molar-refractivity contribution in [3.63, 3.8) is 0 Å². The summed E-state index contributed by atoms with van der Waals surface area (Å²) in [6, 6.07) is 0.230. The number of rotatable bonds is 3. The van der Waals surface area contributed by atoms with E-state index >= 15 is 0 Å². The molecule has 1 N–H and O–H groups in total. The van der Waals surface area contributed by atoms with Crippen LogP contribution in [-0.2, 0) is 13.5 Å². The summed E-state index contributed by atoms with van der Waals surface area (Å²) in [5.74, 6) is 1.34. The van der Waals surface area contributed by atoms with Crippen LogP contribution in [0.1, 0.15) is 43.7 Å². The lowest BCUT2D eigenvalue weighted by atomic mass is 10.0. The first kappa shape index (κ1) is 12.3. The van der Waals surface area contributed by atoms with Crippen molar-refractivity contribution in [2.45, 2.75) is 38.6 Å². The van der Waals surface area contributed by atoms with Crippen molar-refractivity contribution in [1.29, 1.82) is 0 Å². The molecule has 0 aromatic carbocycles. The first-order chi connectivity index (χ1) is 9.28. The average molecular weight is 261 g/mol. The smallest absolute Gasteiger partial charge is 0.261 e. The molecule has 1 atom stereocenters. The molecular weight excluding hydrogens is 242 g/mol. The fraction of sp³-hybridized carbons (Fsp3) is 0.615. The molecule has 6 heteroatoms. The van der Waals surface area contributed by atoms with Gasteiger partial charge >= 0.3 is 0 Å². The third-order valence-corrected chi connectivity index (χ3v) is 3.53. The van der Waals surface area contributed by atoms with Crippen LogP contribution in [-0.4, -0.2) is 26.5 Å². The lowest BCUT2D eigenvalue weighted by molar-refractivity contribution is 0.367. The number of aromatic nitrogens is 4. The topological polar surface area (TPSA) is 68.8 Å². The van der Waals surface area contributed by atoms with E-state index in [4.69, 9.17) is 4.52 Å². The van der Waals surface area contributed by atoms with Crippen molar-refractivity contribution in [3.8, 4) is 11.5 Å². The minimum atomic E-state index is 0.230. The zero-order valence-electron chi connectivity index (χ0n) is 11.4. The van der Waals surface area contributed by atoms with Gasteiger partial charge in [-0.05, 0) is 25.8 Å². The number of aryl methyl sites for hydroxylation is 2. The highest BCUT2D eigenvalue weighted by molar-refractivity contribution is 5.55. The van der Waals surface area contributed by atoms with E-state index in [1.807, 2.05) is 13.2 Å². The second kappa shape index (κ2) is 5.13. The molecule has 0 radical (unpaired) electrons. The van der Waals surface area contributed by atoms with Gasteiger partial charge < -0.3 is 9.84 Å². The summed E-state index contributed by atoms with van der Waals surface area (Å²) in [5, 5.41) is 11.9. The number of piperidine rings is 1. The summed E-state index contributed by atoms with van der Waals surface area (Å²) < 4.78 is 7.19. The molecule has 3 heterocycles. The Morgan fingerprint density at radius 2 is 2.37 bits per heavy atom. The Bertz CT molecular complexity index is 553. The molecule has 1 fully saturated rings. The predicted octanol–water partition coefficient (Wildman–Crippen LogP) is 1.85. The van der Waals surface area contributed by atoms with E-state index in [-0.39, 0.29) is 6.04 Å². The first-order valence-corrected chi connectivity index (χ1v) is 6.88. The third kappa shape index (κ3) is 2.40. The van der Waals surface area contributed by atoms with E-state index < -0.39 is 0 Å². The van der Waals surface area contributed by atoms with Gasteiger partial charge in [-0.3, -0.25) is 4.68 Å². The summed E-state index contributed by atoms with van der Waals surface area (Å²) >= 11 is 0. The molecular formula is C13H19N5O. The maximum atomic E-state index is 5.41. The molecule has 19 heavy (non-hydrogen) atoms. The Morgan fingerprint density at radius 1 is 1.47 bits per heavy atom. The molecule has 6 nitrogen and oxygen atoms in total. The van der Waals surface area contributed by atoms with Crippen molar-refractivity contribution >= 4 is 0 Å². The molecule has 1 aliphatic heterocycles. The van der Waals surface area contributed by atoms with Gasteiger partial charge in [0.25, 0.3) is 5.89 Å². The Balaban J connectivity index is 1.87. The van der Waals surface area contributed by atoms with E-state index in [0.29, 0.717) is 5.89 Å². The Labute approximate surface area is 112 Å². The van der Waals surface area contributed by atoms with Crippen molar-refractivity contribution < 1.29 is 4.52 Å². The molecule has 0 aliphatic carbocycles. The summed E-state index contributed by atoms with van der Waals surface area (Å²) in [5.41, 5.74) is 1.94. The minimum Gasteiger partial charge on any atom is -0.334 e. The maximum Gasteiger partial charge on any atom is 0.261 e. The SMILES string of the molecule is CCc1nn(C)cc1-c1nc(C2CCCCN2)no1. The van der Waals surface area contributed by atoms with Gasteiger partial charge in [-0.25, -0.2) is 0 Å². The lowest BCUT2D eigenvalue weighted by Crippen LogP contribution is -2.27. The first-order valence-electron chi connectivity index (χ1n) is 6.88. The zero-order chi connectivity index (χ0) is 13.2. The van der Waals surface area contributed by atoms with Crippen LogP contribution in [0.5, 0.6) is 0 Å². The summed E-state index contributed by atoms with van der Waals surface area (Å²) in [4.78, 5) is 4.53. The van der Waals surface area contributed by atoms with Crippen LogP contribution < -0.4 is 5.32 Å². The minimum absolute atomic E-state index is 0.230. The third-order valence-electron chi connectivity index (χ3n) is 3.53. The van der Waals surface area contributed by atoms with Gasteiger partial charge in [-0.2, -0.15) is 10.1 Å². The molecule has 1 aliphatic rings. The molecule has 0 amide bonds. The molecule has 3 rings (SSSR count). The van der Waals surface area contributed by atoms with E-state index in [1.54, 1.807) is 4.68 Å². The van der Waals surface area contributed by atoms with Gasteiger partial charge in [0.15, 0.2) is 5.82 Å². The Morgan fingerprint density at radius 3 is 3.11 bits per heavy atom. The van der Waals surface area contributed by atoms with Gasteiger partial charge in [0.05, 0.1) is 17.3 Å². The van der Waals surface area contributed by atoms with Crippen LogP contribution in [0.25, 0.3) is 11.5 Å². The predicted molar refractivity (Wildman–Crippen MR) is 70.5 cm³/mol. The van der Waals surface area contributed by atoms with E-state index in [0.717, 1.165) is 36.5 Å². The van der Waals surface area contributed by atoms with Crippen LogP contribution in [0.15, 0.2) is 10.7 Å². The summed E-state index contributed by atoms with van der Waals surface area (Å²) in [6.07, 6.45) is 6.31. The maximum absolute atomic E-state index is 5.41. The standard InChI is InChI=1S/C13H19N5O/c1-3-10-9(8-18(2)16-10)13-15-12(17-19-13)11-6-4-5-7-14-11/h8,11,14H,3-7H2,1-2H3. The molecule has 0 saturated carbocycles. The van der Waals surface area contributed by atoms with Crippen molar-refractivity contribution in [3.05, 3.63) is 17.7 Å². The molecule has 0 bridgehead atoms. The van der Waals surface area contributed by atoms with Gasteiger partial charge in [-0.15, -0.1) is 0 Å². The number of hydrogen-bond acceptors (Lipinski definition) is 5. The Hall–Kier alpha value is -1.69. The second-order valence-electron chi connectivity index (χ2n) is 4.98. The van der Waals surface area contributed by atoms with Crippen LogP contribution in [0, 0.1) is 0 Å². The van der Waals surface area contributed by atoms with Gasteiger partial charge in [-0.1, -0.05) is 18.5 Å². The molecule has 0 spiro atoms. The Kier molecular flexibility index (Phi) is 3.33. The largest absolute Gasteiger partial charge is 0.334 e.